The van der Waals surface area contributed by atoms with Crippen molar-refractivity contribution in [1.29, 1.82) is 0 Å². The Hall–Kier alpha value is -2.33. The van der Waals surface area contributed by atoms with Crippen LogP contribution in [0.2, 0.25) is 0 Å². The summed E-state index contributed by atoms with van der Waals surface area (Å²) < 4.78 is 0. The molecule has 2 aromatic carbocycles. The normalized spacial score (nSPS) is 10.9. The van der Waals surface area contributed by atoms with E-state index in [1.807, 2.05) is 19.1 Å². The van der Waals surface area contributed by atoms with Crippen LogP contribution in [0.3, 0.4) is 0 Å². The lowest BCUT2D eigenvalue weighted by atomic mass is 9.87. The van der Waals surface area contributed by atoms with Crippen LogP contribution in [0.4, 0.5) is 5.69 Å². The van der Waals surface area contributed by atoms with Gasteiger partial charge < -0.3 is 16.0 Å². The molecule has 138 valence electrons. The maximum absolute atomic E-state index is 5.37. The van der Waals surface area contributed by atoms with Crippen molar-refractivity contribution in [2.45, 2.75) is 46.2 Å². The molecule has 0 spiro atoms. The van der Waals surface area contributed by atoms with Crippen molar-refractivity contribution in [3.05, 3.63) is 77.5 Å². The van der Waals surface area contributed by atoms with E-state index in [4.69, 9.17) is 12.2 Å². The fourth-order valence-electron chi connectivity index (χ4n) is 2.50. The van der Waals surface area contributed by atoms with E-state index >= 15 is 0 Å². The topological polar surface area (TPSA) is 36.1 Å². The van der Waals surface area contributed by atoms with E-state index in [0.717, 1.165) is 17.9 Å². The lowest BCUT2D eigenvalue weighted by Gasteiger charge is -2.19. The zero-order chi connectivity index (χ0) is 19.2. The summed E-state index contributed by atoms with van der Waals surface area (Å²) in [5.41, 5.74) is 5.88. The lowest BCUT2D eigenvalue weighted by molar-refractivity contribution is 0.590. The predicted molar refractivity (Wildman–Crippen MR) is 116 cm³/mol. The summed E-state index contributed by atoms with van der Waals surface area (Å²) in [6.45, 7) is 13.9. The van der Waals surface area contributed by atoms with Crippen LogP contribution in [0, 0.1) is 0 Å². The van der Waals surface area contributed by atoms with Gasteiger partial charge in [-0.15, -0.1) is 0 Å². The highest BCUT2D eigenvalue weighted by Crippen LogP contribution is 2.22. The first kappa shape index (κ1) is 20.0. The van der Waals surface area contributed by atoms with Gasteiger partial charge in [0.25, 0.3) is 0 Å². The molecule has 0 unspecified atom stereocenters. The maximum atomic E-state index is 5.37. The molecule has 0 heterocycles. The molecule has 0 radical (unpaired) electrons. The summed E-state index contributed by atoms with van der Waals surface area (Å²) in [7, 11) is 0. The van der Waals surface area contributed by atoms with Crippen molar-refractivity contribution < 1.29 is 0 Å². The summed E-state index contributed by atoms with van der Waals surface area (Å²) in [6, 6.07) is 16.9. The minimum Gasteiger partial charge on any atom is -0.360 e. The summed E-state index contributed by atoms with van der Waals surface area (Å²) in [5.74, 6) is 0. The van der Waals surface area contributed by atoms with E-state index in [0.29, 0.717) is 11.7 Å². The molecule has 3 N–H and O–H groups in total. The molecule has 4 heteroatoms. The van der Waals surface area contributed by atoms with Crippen LogP contribution in [0.25, 0.3) is 0 Å². The lowest BCUT2D eigenvalue weighted by Crippen LogP contribution is -2.34. The van der Waals surface area contributed by atoms with Crippen LogP contribution in [0.5, 0.6) is 0 Å². The molecule has 0 saturated carbocycles. The van der Waals surface area contributed by atoms with Crippen LogP contribution in [-0.2, 0) is 18.5 Å². The fourth-order valence-corrected chi connectivity index (χ4v) is 2.65. The molecule has 3 nitrogen and oxygen atoms in total. The summed E-state index contributed by atoms with van der Waals surface area (Å²) in [5, 5.41) is 10.4. The second-order valence-electron chi connectivity index (χ2n) is 7.59. The highest BCUT2D eigenvalue weighted by Gasteiger charge is 2.12. The van der Waals surface area contributed by atoms with Gasteiger partial charge in [-0.2, -0.15) is 0 Å². The smallest absolute Gasteiger partial charge is 0.166 e. The van der Waals surface area contributed by atoms with Crippen molar-refractivity contribution in [2.75, 3.05) is 5.32 Å². The predicted octanol–water partition coefficient (Wildman–Crippen LogP) is 5.09. The Labute approximate surface area is 162 Å². The molecule has 0 aliphatic carbocycles. The number of allylic oxidation sites excluding steroid dienone is 1. The quantitative estimate of drug-likeness (QED) is 0.621. The standard InChI is InChI=1S/C22H29N3S/c1-16(2)25-20-12-8-18(9-13-20)15-24-21(26)23-14-17-6-10-19(11-7-17)22(3,4)5/h6-13,25H,1,14-15H2,2-5H3,(H2,23,24,26). The van der Waals surface area contributed by atoms with Crippen molar-refractivity contribution in [2.24, 2.45) is 0 Å². The Morgan fingerprint density at radius 2 is 1.35 bits per heavy atom. The van der Waals surface area contributed by atoms with Crippen LogP contribution in [-0.4, -0.2) is 5.11 Å². The van der Waals surface area contributed by atoms with Crippen LogP contribution < -0.4 is 16.0 Å². The van der Waals surface area contributed by atoms with Crippen LogP contribution >= 0.6 is 12.2 Å². The highest BCUT2D eigenvalue weighted by atomic mass is 32.1. The van der Waals surface area contributed by atoms with Gasteiger partial charge in [-0.3, -0.25) is 0 Å². The van der Waals surface area contributed by atoms with E-state index in [2.05, 4.69) is 79.7 Å². The van der Waals surface area contributed by atoms with Gasteiger partial charge in [0.15, 0.2) is 5.11 Å². The third kappa shape index (κ3) is 6.52. The number of benzene rings is 2. The average molecular weight is 368 g/mol. The van der Waals surface area contributed by atoms with E-state index in [1.54, 1.807) is 0 Å². The van der Waals surface area contributed by atoms with E-state index < -0.39 is 0 Å². The van der Waals surface area contributed by atoms with E-state index in [1.165, 1.54) is 16.7 Å². The zero-order valence-electron chi connectivity index (χ0n) is 16.1. The van der Waals surface area contributed by atoms with Gasteiger partial charge in [-0.05, 0) is 53.4 Å². The average Bonchev–Trinajstić information content (AvgIpc) is 2.58. The van der Waals surface area contributed by atoms with Crippen molar-refractivity contribution in [3.8, 4) is 0 Å². The van der Waals surface area contributed by atoms with Gasteiger partial charge in [-0.25, -0.2) is 0 Å². The van der Waals surface area contributed by atoms with Gasteiger partial charge in [0.05, 0.1) is 0 Å². The van der Waals surface area contributed by atoms with Crippen molar-refractivity contribution in [1.82, 2.24) is 10.6 Å². The van der Waals surface area contributed by atoms with E-state index in [9.17, 15) is 0 Å². The Morgan fingerprint density at radius 3 is 1.77 bits per heavy atom. The van der Waals surface area contributed by atoms with Crippen LogP contribution in [0.1, 0.15) is 44.4 Å². The number of hydrogen-bond donors (Lipinski definition) is 3. The zero-order valence-corrected chi connectivity index (χ0v) is 17.0. The Morgan fingerprint density at radius 1 is 0.885 bits per heavy atom. The molecule has 2 aromatic rings. The molecule has 0 bridgehead atoms. The van der Waals surface area contributed by atoms with Crippen molar-refractivity contribution in [3.63, 3.8) is 0 Å². The monoisotopic (exact) mass is 367 g/mol. The van der Waals surface area contributed by atoms with Crippen LogP contribution in [0.15, 0.2) is 60.8 Å². The molecular formula is C22H29N3S. The number of rotatable bonds is 6. The van der Waals surface area contributed by atoms with Gasteiger partial charge in [0, 0.05) is 24.5 Å². The minimum atomic E-state index is 0.179. The number of hydrogen-bond acceptors (Lipinski definition) is 2. The third-order valence-electron chi connectivity index (χ3n) is 4.04. The Bertz CT molecular complexity index is 740. The molecule has 0 fully saturated rings. The first-order valence-corrected chi connectivity index (χ1v) is 9.27. The maximum Gasteiger partial charge on any atom is 0.166 e. The van der Waals surface area contributed by atoms with Crippen molar-refractivity contribution >= 4 is 23.0 Å². The van der Waals surface area contributed by atoms with Gasteiger partial charge in [-0.1, -0.05) is 63.7 Å². The molecule has 0 saturated heterocycles. The number of anilines is 1. The second-order valence-corrected chi connectivity index (χ2v) is 7.99. The summed E-state index contributed by atoms with van der Waals surface area (Å²) >= 11 is 5.37. The SMILES string of the molecule is C=C(C)Nc1ccc(CNC(=S)NCc2ccc(C(C)(C)C)cc2)cc1. The fraction of sp³-hybridized carbons (Fsp3) is 0.318. The van der Waals surface area contributed by atoms with Gasteiger partial charge in [0.1, 0.15) is 0 Å². The first-order chi connectivity index (χ1) is 12.2. The van der Waals surface area contributed by atoms with E-state index in [-0.39, 0.29) is 5.41 Å². The summed E-state index contributed by atoms with van der Waals surface area (Å²) in [4.78, 5) is 0. The molecule has 0 amide bonds. The number of nitrogens with one attached hydrogen (secondary N) is 3. The summed E-state index contributed by atoms with van der Waals surface area (Å²) in [6.07, 6.45) is 0. The largest absolute Gasteiger partial charge is 0.360 e. The molecule has 0 aliphatic rings. The number of thiocarbonyl (C=S) groups is 1. The Balaban J connectivity index is 1.77. The molecule has 0 atom stereocenters. The molecule has 0 aromatic heterocycles. The minimum absolute atomic E-state index is 0.179. The molecule has 2 rings (SSSR count). The molecule has 26 heavy (non-hydrogen) atoms. The first-order valence-electron chi connectivity index (χ1n) is 8.86. The van der Waals surface area contributed by atoms with Gasteiger partial charge in [0.2, 0.25) is 0 Å². The molecule has 0 aliphatic heterocycles. The Kier molecular flexibility index (Phi) is 6.81. The third-order valence-corrected chi connectivity index (χ3v) is 4.33. The molecular weight excluding hydrogens is 338 g/mol. The van der Waals surface area contributed by atoms with Gasteiger partial charge >= 0.3 is 0 Å². The highest BCUT2D eigenvalue weighted by molar-refractivity contribution is 7.80. The second kappa shape index (κ2) is 8.86.